The van der Waals surface area contributed by atoms with Crippen molar-refractivity contribution in [2.75, 3.05) is 6.54 Å². The van der Waals surface area contributed by atoms with E-state index in [4.69, 9.17) is 11.5 Å². The molecule has 0 aliphatic carbocycles. The van der Waals surface area contributed by atoms with E-state index >= 15 is 0 Å². The number of amides is 1. The lowest BCUT2D eigenvalue weighted by atomic mass is 10.2. The van der Waals surface area contributed by atoms with Gasteiger partial charge in [-0.1, -0.05) is 11.8 Å². The van der Waals surface area contributed by atoms with Crippen LogP contribution in [0.1, 0.15) is 19.8 Å². The van der Waals surface area contributed by atoms with Crippen LogP contribution in [0.4, 0.5) is 0 Å². The van der Waals surface area contributed by atoms with Crippen molar-refractivity contribution in [3.63, 3.8) is 0 Å². The van der Waals surface area contributed by atoms with Gasteiger partial charge in [0.25, 0.3) is 0 Å². The molecule has 1 amide bonds. The number of thioether (sulfide) groups is 1. The normalized spacial score (nSPS) is 21.1. The Labute approximate surface area is 104 Å². The highest BCUT2D eigenvalue weighted by Gasteiger charge is 2.37. The van der Waals surface area contributed by atoms with Gasteiger partial charge in [0.15, 0.2) is 5.12 Å². The molecule has 1 unspecified atom stereocenters. The fourth-order valence-corrected chi connectivity index (χ4v) is 2.69. The highest BCUT2D eigenvalue weighted by Crippen LogP contribution is 2.26. The van der Waals surface area contributed by atoms with E-state index in [0.29, 0.717) is 0 Å². The third-order valence-corrected chi connectivity index (χ3v) is 3.41. The molecule has 92 valence electrons. The first-order valence-corrected chi connectivity index (χ1v) is 5.96. The lowest BCUT2D eigenvalue weighted by molar-refractivity contribution is -0.148. The van der Waals surface area contributed by atoms with E-state index in [-0.39, 0.29) is 35.7 Å². The van der Waals surface area contributed by atoms with Crippen LogP contribution >= 0.6 is 11.8 Å². The topological polar surface area (TPSA) is 74.7 Å². The van der Waals surface area contributed by atoms with Crippen molar-refractivity contribution < 1.29 is 19.5 Å². The second kappa shape index (κ2) is 5.73. The summed E-state index contributed by atoms with van der Waals surface area (Å²) >= 11 is 1.07. The van der Waals surface area contributed by atoms with Gasteiger partial charge in [-0.05, 0) is 0 Å². The number of hydrogen-bond acceptors (Lipinski definition) is 4. The predicted molar refractivity (Wildman–Crippen MR) is 63.3 cm³/mol. The maximum atomic E-state index is 11.7. The molecule has 5 nitrogen and oxygen atoms in total. The van der Waals surface area contributed by atoms with E-state index < -0.39 is 12.0 Å². The second-order valence-corrected chi connectivity index (χ2v) is 5.22. The Kier molecular flexibility index (Phi) is 4.58. The number of carbonyl (C=O) groups excluding carboxylic acids is 2. The second-order valence-electron chi connectivity index (χ2n) is 3.74. The van der Waals surface area contributed by atoms with Gasteiger partial charge in [0.1, 0.15) is 6.04 Å². The molecule has 6 heteroatoms. The minimum absolute atomic E-state index is 0.0153. The molecule has 1 heterocycles. The maximum absolute atomic E-state index is 11.7. The van der Waals surface area contributed by atoms with Gasteiger partial charge in [-0.2, -0.15) is 0 Å². The third kappa shape index (κ3) is 3.49. The first-order chi connectivity index (χ1) is 7.95. The standard InChI is InChI=1S/C11H13NO4S/c1-3-4-9(11(15)16)12-6-8(5-10(12)14)17-7(2)13/h1,8-9H,4-6H2,2H3,(H,15,16)/t8?,9-/m0/s1. The number of likely N-dealkylation sites (tertiary alicyclic amines) is 1. The number of rotatable bonds is 4. The van der Waals surface area contributed by atoms with E-state index in [0.717, 1.165) is 11.8 Å². The Morgan fingerprint density at radius 1 is 1.71 bits per heavy atom. The molecular formula is C11H13NO4S. The van der Waals surface area contributed by atoms with Crippen LogP contribution in [0.5, 0.6) is 0 Å². The van der Waals surface area contributed by atoms with Gasteiger partial charge in [-0.15, -0.1) is 12.3 Å². The van der Waals surface area contributed by atoms with Crippen LogP contribution in [-0.4, -0.2) is 44.8 Å². The SMILES string of the molecule is C#CC[C@@H](C(=O)O)N1CC(SC(C)=O)CC1=O. The highest BCUT2D eigenvalue weighted by molar-refractivity contribution is 8.14. The number of nitrogens with zero attached hydrogens (tertiary/aromatic N) is 1. The van der Waals surface area contributed by atoms with Gasteiger partial charge in [-0.25, -0.2) is 4.79 Å². The zero-order valence-electron chi connectivity index (χ0n) is 9.38. The number of carboxylic acids is 1. The van der Waals surface area contributed by atoms with E-state index in [1.807, 2.05) is 0 Å². The van der Waals surface area contributed by atoms with Gasteiger partial charge in [0.2, 0.25) is 5.91 Å². The molecule has 1 N–H and O–H groups in total. The summed E-state index contributed by atoms with van der Waals surface area (Å²) in [7, 11) is 0. The Morgan fingerprint density at radius 3 is 2.82 bits per heavy atom. The smallest absolute Gasteiger partial charge is 0.327 e. The number of aliphatic carboxylic acids is 1. The lowest BCUT2D eigenvalue weighted by Gasteiger charge is -2.22. The largest absolute Gasteiger partial charge is 0.480 e. The summed E-state index contributed by atoms with van der Waals surface area (Å²) in [6, 6.07) is -0.981. The van der Waals surface area contributed by atoms with Crippen LogP contribution in [0.3, 0.4) is 0 Å². The Balaban J connectivity index is 2.71. The molecule has 1 rings (SSSR count). The van der Waals surface area contributed by atoms with E-state index in [1.165, 1.54) is 11.8 Å². The average Bonchev–Trinajstić information content (AvgIpc) is 2.54. The molecule has 0 aromatic rings. The summed E-state index contributed by atoms with van der Waals surface area (Å²) in [5.41, 5.74) is 0. The number of terminal acetylenes is 1. The fraction of sp³-hybridized carbons (Fsp3) is 0.545. The van der Waals surface area contributed by atoms with Crippen molar-refractivity contribution in [1.82, 2.24) is 4.90 Å². The van der Waals surface area contributed by atoms with Crippen molar-refractivity contribution in [3.8, 4) is 12.3 Å². The Bertz CT molecular complexity index is 387. The fourth-order valence-electron chi connectivity index (χ4n) is 1.75. The monoisotopic (exact) mass is 255 g/mol. The van der Waals surface area contributed by atoms with Crippen LogP contribution in [0.2, 0.25) is 0 Å². The number of carboxylic acid groups (broad SMARTS) is 1. The van der Waals surface area contributed by atoms with Gasteiger partial charge >= 0.3 is 5.97 Å². The molecule has 0 spiro atoms. The molecule has 1 aliphatic heterocycles. The quantitative estimate of drug-likeness (QED) is 0.733. The Morgan fingerprint density at radius 2 is 2.35 bits per heavy atom. The molecule has 1 fully saturated rings. The molecule has 0 saturated carbocycles. The zero-order chi connectivity index (χ0) is 13.0. The lowest BCUT2D eigenvalue weighted by Crippen LogP contribution is -2.42. The molecule has 0 aromatic heterocycles. The molecular weight excluding hydrogens is 242 g/mol. The van der Waals surface area contributed by atoms with E-state index in [9.17, 15) is 14.4 Å². The Hall–Kier alpha value is -1.48. The summed E-state index contributed by atoms with van der Waals surface area (Å²) in [4.78, 5) is 34.8. The highest BCUT2D eigenvalue weighted by atomic mass is 32.2. The molecule has 0 radical (unpaired) electrons. The molecule has 0 bridgehead atoms. The van der Waals surface area contributed by atoms with Crippen LogP contribution in [0.15, 0.2) is 0 Å². The predicted octanol–water partition coefficient (Wildman–Crippen LogP) is 0.343. The third-order valence-electron chi connectivity index (χ3n) is 2.43. The van der Waals surface area contributed by atoms with Gasteiger partial charge in [0, 0.05) is 31.6 Å². The van der Waals surface area contributed by atoms with Crippen molar-refractivity contribution in [2.45, 2.75) is 31.1 Å². The summed E-state index contributed by atoms with van der Waals surface area (Å²) in [5.74, 6) is 0.889. The van der Waals surface area contributed by atoms with Crippen molar-refractivity contribution in [2.24, 2.45) is 0 Å². The van der Waals surface area contributed by atoms with E-state index in [2.05, 4.69) is 5.92 Å². The number of carbonyl (C=O) groups is 3. The van der Waals surface area contributed by atoms with Gasteiger partial charge in [0.05, 0.1) is 0 Å². The van der Waals surface area contributed by atoms with Crippen molar-refractivity contribution >= 4 is 28.8 Å². The molecule has 2 atom stereocenters. The van der Waals surface area contributed by atoms with Gasteiger partial charge in [-0.3, -0.25) is 9.59 Å². The van der Waals surface area contributed by atoms with Crippen molar-refractivity contribution in [1.29, 1.82) is 0 Å². The van der Waals surface area contributed by atoms with Crippen molar-refractivity contribution in [3.05, 3.63) is 0 Å². The zero-order valence-corrected chi connectivity index (χ0v) is 10.2. The minimum atomic E-state index is -1.11. The van der Waals surface area contributed by atoms with Crippen LogP contribution < -0.4 is 0 Å². The van der Waals surface area contributed by atoms with Crippen LogP contribution in [-0.2, 0) is 14.4 Å². The molecule has 0 aromatic carbocycles. The summed E-state index contributed by atoms with van der Waals surface area (Å²) in [6.07, 6.45) is 5.26. The molecule has 1 aliphatic rings. The number of hydrogen-bond donors (Lipinski definition) is 1. The summed E-state index contributed by atoms with van der Waals surface area (Å²) < 4.78 is 0. The van der Waals surface area contributed by atoms with Crippen LogP contribution in [0.25, 0.3) is 0 Å². The van der Waals surface area contributed by atoms with Gasteiger partial charge < -0.3 is 10.0 Å². The first-order valence-electron chi connectivity index (χ1n) is 5.08. The minimum Gasteiger partial charge on any atom is -0.480 e. The summed E-state index contributed by atoms with van der Waals surface area (Å²) in [6.45, 7) is 1.69. The molecule has 17 heavy (non-hydrogen) atoms. The summed E-state index contributed by atoms with van der Waals surface area (Å²) in [5, 5.41) is 8.75. The van der Waals surface area contributed by atoms with E-state index in [1.54, 1.807) is 0 Å². The maximum Gasteiger partial charge on any atom is 0.327 e. The van der Waals surface area contributed by atoms with Crippen LogP contribution in [0, 0.1) is 12.3 Å². The first kappa shape index (κ1) is 13.6. The molecule has 1 saturated heterocycles. The average molecular weight is 255 g/mol.